The van der Waals surface area contributed by atoms with Crippen LogP contribution in [0.15, 0.2) is 52.0 Å². The van der Waals surface area contributed by atoms with Crippen molar-refractivity contribution < 1.29 is 5.11 Å². The molecule has 1 nitrogen and oxygen atoms in total. The fourth-order valence-corrected chi connectivity index (χ4v) is 2.22. The molecular formula is C19H28Br2O. The van der Waals surface area contributed by atoms with Gasteiger partial charge in [-0.3, -0.25) is 0 Å². The van der Waals surface area contributed by atoms with Crippen molar-refractivity contribution >= 4 is 31.9 Å². The van der Waals surface area contributed by atoms with Crippen LogP contribution in [-0.2, 0) is 0 Å². The average Bonchev–Trinajstić information content (AvgIpc) is 2.46. The highest BCUT2D eigenvalue weighted by atomic mass is 79.9. The maximum absolute atomic E-state index is 9.88. The maximum Gasteiger partial charge on any atom is 0.0793 e. The zero-order chi connectivity index (χ0) is 17.0. The lowest BCUT2D eigenvalue weighted by Crippen LogP contribution is -1.96. The molecule has 3 heteroatoms. The van der Waals surface area contributed by atoms with Gasteiger partial charge in [0.15, 0.2) is 0 Å². The summed E-state index contributed by atoms with van der Waals surface area (Å²) in [5, 5.41) is 11.0. The zero-order valence-electron chi connectivity index (χ0n) is 14.1. The van der Waals surface area contributed by atoms with Crippen LogP contribution < -0.4 is 0 Å². The molecule has 0 amide bonds. The summed E-state index contributed by atoms with van der Waals surface area (Å²) < 4.78 is 1.04. The fourth-order valence-electron chi connectivity index (χ4n) is 1.72. The van der Waals surface area contributed by atoms with Crippen LogP contribution >= 0.6 is 31.9 Å². The molecule has 0 spiro atoms. The third-order valence-corrected chi connectivity index (χ3v) is 3.90. The highest BCUT2D eigenvalue weighted by molar-refractivity contribution is 9.10. The van der Waals surface area contributed by atoms with Crippen LogP contribution in [0.4, 0.5) is 0 Å². The lowest BCUT2D eigenvalue weighted by molar-refractivity contribution is 0.168. The number of aliphatic hydroxyl groups excluding tert-OH is 1. The first-order valence-corrected chi connectivity index (χ1v) is 9.54. The first-order valence-electron chi connectivity index (χ1n) is 7.63. The second-order valence-corrected chi connectivity index (χ2v) is 7.39. The van der Waals surface area contributed by atoms with Gasteiger partial charge in [0.05, 0.1) is 6.10 Å². The summed E-state index contributed by atoms with van der Waals surface area (Å²) in [6.45, 7) is 8.38. The van der Waals surface area contributed by atoms with Crippen molar-refractivity contribution in [3.63, 3.8) is 0 Å². The number of aliphatic hydroxyl groups is 1. The number of allylic oxidation sites excluding steroid dienone is 4. The topological polar surface area (TPSA) is 20.2 Å². The highest BCUT2D eigenvalue weighted by Crippen LogP contribution is 2.20. The fraction of sp³-hybridized carbons (Fsp3) is 0.474. The van der Waals surface area contributed by atoms with Gasteiger partial charge in [-0.15, -0.1) is 0 Å². The molecule has 0 aliphatic carbocycles. The van der Waals surface area contributed by atoms with Crippen LogP contribution in [0.3, 0.4) is 0 Å². The summed E-state index contributed by atoms with van der Waals surface area (Å²) in [7, 11) is 0. The van der Waals surface area contributed by atoms with E-state index >= 15 is 0 Å². The van der Waals surface area contributed by atoms with E-state index in [0.29, 0.717) is 0 Å². The van der Waals surface area contributed by atoms with Crippen molar-refractivity contribution in [2.45, 2.75) is 53.1 Å². The largest absolute Gasteiger partial charge is 0.388 e. The molecule has 124 valence electrons. The molecule has 22 heavy (non-hydrogen) atoms. The van der Waals surface area contributed by atoms with E-state index in [9.17, 15) is 5.11 Å². The van der Waals surface area contributed by atoms with Gasteiger partial charge in [0, 0.05) is 9.80 Å². The first kappa shape index (κ1) is 21.6. The average molecular weight is 432 g/mol. The van der Waals surface area contributed by atoms with Crippen molar-refractivity contribution in [2.24, 2.45) is 0 Å². The Labute approximate surface area is 152 Å². The van der Waals surface area contributed by atoms with E-state index in [-0.39, 0.29) is 6.10 Å². The number of alkyl halides is 1. The summed E-state index contributed by atoms with van der Waals surface area (Å²) in [6.07, 6.45) is 6.89. The smallest absolute Gasteiger partial charge is 0.0793 e. The van der Waals surface area contributed by atoms with Crippen molar-refractivity contribution in [2.75, 3.05) is 5.33 Å². The van der Waals surface area contributed by atoms with Gasteiger partial charge in [-0.05, 0) is 64.7 Å². The molecule has 1 rings (SSSR count). The molecule has 1 unspecified atom stereocenters. The molecule has 0 saturated carbocycles. The van der Waals surface area contributed by atoms with E-state index in [2.05, 4.69) is 71.7 Å². The monoisotopic (exact) mass is 430 g/mol. The molecule has 0 fully saturated rings. The minimum atomic E-state index is -0.353. The molecule has 0 heterocycles. The Balaban J connectivity index is 0.000000534. The quantitative estimate of drug-likeness (QED) is 0.380. The molecule has 0 aliphatic rings. The number of rotatable bonds is 6. The van der Waals surface area contributed by atoms with Crippen molar-refractivity contribution in [1.29, 1.82) is 0 Å². The van der Waals surface area contributed by atoms with Crippen LogP contribution in [0.1, 0.15) is 58.6 Å². The van der Waals surface area contributed by atoms with E-state index in [1.165, 1.54) is 11.1 Å². The lowest BCUT2D eigenvalue weighted by Gasteiger charge is -2.09. The van der Waals surface area contributed by atoms with E-state index in [1.807, 2.05) is 24.3 Å². The summed E-state index contributed by atoms with van der Waals surface area (Å²) in [5.74, 6) is 0. The molecular weight excluding hydrogens is 404 g/mol. The van der Waals surface area contributed by atoms with Gasteiger partial charge in [0.2, 0.25) is 0 Å². The molecule has 0 bridgehead atoms. The van der Waals surface area contributed by atoms with Gasteiger partial charge in [-0.25, -0.2) is 0 Å². The predicted molar refractivity (Wildman–Crippen MR) is 106 cm³/mol. The SMILES string of the molecule is CC(C)=CCCBr.CC(C)=CCCC(O)c1ccc(Br)cc1. The van der Waals surface area contributed by atoms with E-state index in [1.54, 1.807) is 0 Å². The number of halogens is 2. The van der Waals surface area contributed by atoms with Crippen molar-refractivity contribution in [1.82, 2.24) is 0 Å². The molecule has 1 aromatic carbocycles. The second-order valence-electron chi connectivity index (χ2n) is 5.69. The minimum Gasteiger partial charge on any atom is -0.388 e. The Morgan fingerprint density at radius 1 is 1.00 bits per heavy atom. The van der Waals surface area contributed by atoms with Gasteiger partial charge in [-0.2, -0.15) is 0 Å². The Hall–Kier alpha value is -0.380. The molecule has 0 radical (unpaired) electrons. The predicted octanol–water partition coefficient (Wildman–Crippen LogP) is 6.97. The van der Waals surface area contributed by atoms with Crippen LogP contribution in [0.2, 0.25) is 0 Å². The van der Waals surface area contributed by atoms with Gasteiger partial charge < -0.3 is 5.11 Å². The molecule has 0 saturated heterocycles. The van der Waals surface area contributed by atoms with Crippen molar-refractivity contribution in [3.8, 4) is 0 Å². The van der Waals surface area contributed by atoms with E-state index < -0.39 is 0 Å². The third-order valence-electron chi connectivity index (χ3n) is 2.91. The number of benzene rings is 1. The highest BCUT2D eigenvalue weighted by Gasteiger charge is 2.05. The summed E-state index contributed by atoms with van der Waals surface area (Å²) in [5.41, 5.74) is 3.69. The number of hydrogen-bond acceptors (Lipinski definition) is 1. The second kappa shape index (κ2) is 13.1. The molecule has 0 aliphatic heterocycles. The van der Waals surface area contributed by atoms with E-state index in [4.69, 9.17) is 0 Å². The molecule has 1 N–H and O–H groups in total. The van der Waals surface area contributed by atoms with Crippen molar-refractivity contribution in [3.05, 3.63) is 57.6 Å². The van der Waals surface area contributed by atoms with Crippen LogP contribution in [0.25, 0.3) is 0 Å². The van der Waals surface area contributed by atoms with Gasteiger partial charge in [0.1, 0.15) is 0 Å². The Kier molecular flexibility index (Phi) is 12.9. The van der Waals surface area contributed by atoms with Crippen LogP contribution in [-0.4, -0.2) is 10.4 Å². The van der Waals surface area contributed by atoms with Crippen LogP contribution in [0.5, 0.6) is 0 Å². The van der Waals surface area contributed by atoms with Gasteiger partial charge >= 0.3 is 0 Å². The van der Waals surface area contributed by atoms with Gasteiger partial charge in [-0.1, -0.05) is 67.3 Å². The lowest BCUT2D eigenvalue weighted by atomic mass is 10.0. The minimum absolute atomic E-state index is 0.353. The molecule has 0 aromatic heterocycles. The third kappa shape index (κ3) is 12.2. The standard InChI is InChI=1S/C13H17BrO.C6H11Br/c1-10(2)4-3-5-13(15)11-6-8-12(14)9-7-11;1-6(2)4-3-5-7/h4,6-9,13,15H,3,5H2,1-2H3;4H,3,5H2,1-2H3. The van der Waals surface area contributed by atoms with E-state index in [0.717, 1.165) is 34.6 Å². The maximum atomic E-state index is 9.88. The Bertz CT molecular complexity index is 453. The summed E-state index contributed by atoms with van der Waals surface area (Å²) in [6, 6.07) is 7.83. The zero-order valence-corrected chi connectivity index (χ0v) is 17.2. The Morgan fingerprint density at radius 3 is 1.91 bits per heavy atom. The van der Waals surface area contributed by atoms with Gasteiger partial charge in [0.25, 0.3) is 0 Å². The Morgan fingerprint density at radius 2 is 1.50 bits per heavy atom. The van der Waals surface area contributed by atoms with Crippen LogP contribution in [0, 0.1) is 0 Å². The molecule has 1 atom stereocenters. The first-order chi connectivity index (χ1) is 10.4. The molecule has 1 aromatic rings. The summed E-state index contributed by atoms with van der Waals surface area (Å²) in [4.78, 5) is 0. The summed E-state index contributed by atoms with van der Waals surface area (Å²) >= 11 is 6.71. The normalized spacial score (nSPS) is 11.0. The number of hydrogen-bond donors (Lipinski definition) is 1.